The Bertz CT molecular complexity index is 259. The molecule has 0 aromatic heterocycles. The molecule has 2 aliphatic rings. The molecule has 2 heteroatoms. The van der Waals surface area contributed by atoms with Crippen LogP contribution < -0.4 is 0 Å². The van der Waals surface area contributed by atoms with E-state index < -0.39 is 0 Å². The van der Waals surface area contributed by atoms with Gasteiger partial charge in [0.2, 0.25) is 0 Å². The van der Waals surface area contributed by atoms with Crippen LogP contribution in [-0.4, -0.2) is 10.1 Å². The highest BCUT2D eigenvalue weighted by atomic mass is 79.9. The zero-order valence-corrected chi connectivity index (χ0v) is 9.49. The summed E-state index contributed by atoms with van der Waals surface area (Å²) in [7, 11) is 0. The second-order valence-electron chi connectivity index (χ2n) is 5.16. The third-order valence-electron chi connectivity index (χ3n) is 4.23. The van der Waals surface area contributed by atoms with Gasteiger partial charge in [-0.15, -0.1) is 0 Å². The van der Waals surface area contributed by atoms with Crippen molar-refractivity contribution in [3.05, 3.63) is 0 Å². The first-order valence-electron chi connectivity index (χ1n) is 4.56. The van der Waals surface area contributed by atoms with Crippen molar-refractivity contribution in [1.29, 1.82) is 0 Å². The Morgan fingerprint density at radius 2 is 1.83 bits per heavy atom. The van der Waals surface area contributed by atoms with Gasteiger partial charge in [0.25, 0.3) is 0 Å². The van der Waals surface area contributed by atoms with E-state index in [1.165, 1.54) is 6.42 Å². The van der Waals surface area contributed by atoms with Gasteiger partial charge >= 0.3 is 0 Å². The van der Waals surface area contributed by atoms with Crippen LogP contribution in [0.2, 0.25) is 0 Å². The molecule has 2 bridgehead atoms. The summed E-state index contributed by atoms with van der Waals surface area (Å²) >= 11 is 3.61. The quantitative estimate of drug-likeness (QED) is 0.586. The number of ketones is 1. The summed E-state index contributed by atoms with van der Waals surface area (Å²) in [5.74, 6) is 0.420. The molecule has 2 rings (SSSR count). The van der Waals surface area contributed by atoms with E-state index in [0.29, 0.717) is 5.78 Å². The van der Waals surface area contributed by atoms with E-state index in [1.54, 1.807) is 0 Å². The van der Waals surface area contributed by atoms with Gasteiger partial charge in [-0.2, -0.15) is 0 Å². The van der Waals surface area contributed by atoms with Crippen LogP contribution in [0, 0.1) is 10.8 Å². The van der Waals surface area contributed by atoms with Crippen LogP contribution in [0.3, 0.4) is 0 Å². The number of Topliss-reactive ketones (excluding diaryl/α,β-unsaturated/α-hetero) is 1. The molecule has 12 heavy (non-hydrogen) atoms. The minimum absolute atomic E-state index is 0.116. The first-order chi connectivity index (χ1) is 5.32. The molecule has 2 fully saturated rings. The molecule has 0 saturated heterocycles. The molecule has 2 atom stereocenters. The van der Waals surface area contributed by atoms with Crippen molar-refractivity contribution in [1.82, 2.24) is 0 Å². The van der Waals surface area contributed by atoms with Crippen LogP contribution in [-0.2, 0) is 4.79 Å². The summed E-state index contributed by atoms with van der Waals surface area (Å²) in [6.07, 6.45) is 3.26. The number of hydrogen-bond acceptors (Lipinski definition) is 1. The molecule has 0 unspecified atom stereocenters. The van der Waals surface area contributed by atoms with E-state index in [1.807, 2.05) is 0 Å². The van der Waals surface area contributed by atoms with Crippen LogP contribution in [0.15, 0.2) is 0 Å². The summed E-state index contributed by atoms with van der Waals surface area (Å²) in [5.41, 5.74) is 0.127. The molecule has 0 aromatic carbocycles. The standard InChI is InChI=1S/C10H15BrO/c1-8(2)7(12)10(11)5-4-9(8,3)6-10/h4-6H2,1-3H3/t9-,10+/m0/s1. The highest BCUT2D eigenvalue weighted by Gasteiger charge is 2.66. The number of fused-ring (bicyclic) bond motifs is 2. The molecule has 2 saturated carbocycles. The van der Waals surface area contributed by atoms with Crippen molar-refractivity contribution in [2.45, 2.75) is 44.4 Å². The van der Waals surface area contributed by atoms with Gasteiger partial charge in [0.05, 0.1) is 4.32 Å². The number of alkyl halides is 1. The molecule has 0 heterocycles. The smallest absolute Gasteiger partial charge is 0.155 e. The zero-order valence-electron chi connectivity index (χ0n) is 7.91. The second-order valence-corrected chi connectivity index (χ2v) is 6.67. The van der Waals surface area contributed by atoms with E-state index in [2.05, 4.69) is 36.7 Å². The number of hydrogen-bond donors (Lipinski definition) is 0. The van der Waals surface area contributed by atoms with Crippen molar-refractivity contribution >= 4 is 21.7 Å². The van der Waals surface area contributed by atoms with Gasteiger partial charge in [-0.25, -0.2) is 0 Å². The van der Waals surface area contributed by atoms with E-state index in [9.17, 15) is 4.79 Å². The molecule has 1 nitrogen and oxygen atoms in total. The van der Waals surface area contributed by atoms with Crippen molar-refractivity contribution in [3.8, 4) is 0 Å². The van der Waals surface area contributed by atoms with Gasteiger partial charge < -0.3 is 0 Å². The summed E-state index contributed by atoms with van der Waals surface area (Å²) in [6, 6.07) is 0. The molecule has 68 valence electrons. The Labute approximate surface area is 82.0 Å². The molecule has 0 N–H and O–H groups in total. The first-order valence-corrected chi connectivity index (χ1v) is 5.35. The van der Waals surface area contributed by atoms with Crippen LogP contribution in [0.4, 0.5) is 0 Å². The van der Waals surface area contributed by atoms with Crippen molar-refractivity contribution in [3.63, 3.8) is 0 Å². The Morgan fingerprint density at radius 3 is 2.08 bits per heavy atom. The lowest BCUT2D eigenvalue weighted by Gasteiger charge is -2.38. The molecule has 0 aliphatic heterocycles. The number of halogens is 1. The van der Waals surface area contributed by atoms with Crippen LogP contribution in [0.25, 0.3) is 0 Å². The molecule has 0 amide bonds. The SMILES string of the molecule is CC1(C)C(=O)[C@@]2(Br)CC[C@@]1(C)C2. The predicted octanol–water partition coefficient (Wildman–Crippen LogP) is 2.92. The molecular formula is C10H15BrO. The number of carbonyl (C=O) groups excluding carboxylic acids is 1. The second kappa shape index (κ2) is 1.97. The maximum absolute atomic E-state index is 12.0. The normalized spacial score (nSPS) is 50.2. The molecule has 0 aromatic rings. The van der Waals surface area contributed by atoms with Gasteiger partial charge in [-0.05, 0) is 24.7 Å². The molecule has 0 radical (unpaired) electrons. The summed E-state index contributed by atoms with van der Waals surface area (Å²) in [5, 5.41) is 0. The van der Waals surface area contributed by atoms with Crippen LogP contribution in [0.5, 0.6) is 0 Å². The van der Waals surface area contributed by atoms with Crippen molar-refractivity contribution < 1.29 is 4.79 Å². The Balaban J connectivity index is 2.51. The van der Waals surface area contributed by atoms with E-state index >= 15 is 0 Å². The third-order valence-corrected chi connectivity index (χ3v) is 5.26. The van der Waals surface area contributed by atoms with Gasteiger partial charge in [-0.1, -0.05) is 36.7 Å². The minimum atomic E-state index is -0.161. The average molecular weight is 231 g/mol. The summed E-state index contributed by atoms with van der Waals surface area (Å²) in [6.45, 7) is 6.44. The lowest BCUT2D eigenvalue weighted by Crippen LogP contribution is -2.41. The highest BCUT2D eigenvalue weighted by molar-refractivity contribution is 9.10. The Kier molecular flexibility index (Phi) is 1.43. The van der Waals surface area contributed by atoms with Gasteiger partial charge in [0.1, 0.15) is 0 Å². The maximum Gasteiger partial charge on any atom is 0.155 e. The molecule has 0 spiro atoms. The predicted molar refractivity (Wildman–Crippen MR) is 52.4 cm³/mol. The molecular weight excluding hydrogens is 216 g/mol. The average Bonchev–Trinajstić information content (AvgIpc) is 2.32. The minimum Gasteiger partial charge on any atom is -0.297 e. The zero-order chi connectivity index (χ0) is 9.20. The highest BCUT2D eigenvalue weighted by Crippen LogP contribution is 2.66. The summed E-state index contributed by atoms with van der Waals surface area (Å²) < 4.78 is -0.161. The van der Waals surface area contributed by atoms with Crippen LogP contribution in [0.1, 0.15) is 40.0 Å². The number of carbonyl (C=O) groups is 1. The monoisotopic (exact) mass is 230 g/mol. The van der Waals surface area contributed by atoms with Crippen molar-refractivity contribution in [2.75, 3.05) is 0 Å². The van der Waals surface area contributed by atoms with Crippen LogP contribution >= 0.6 is 15.9 Å². The maximum atomic E-state index is 12.0. The van der Waals surface area contributed by atoms with Crippen molar-refractivity contribution in [2.24, 2.45) is 10.8 Å². The molecule has 2 aliphatic carbocycles. The fourth-order valence-corrected chi connectivity index (χ4v) is 4.14. The van der Waals surface area contributed by atoms with E-state index in [0.717, 1.165) is 12.8 Å². The largest absolute Gasteiger partial charge is 0.297 e. The Morgan fingerprint density at radius 1 is 1.25 bits per heavy atom. The first kappa shape index (κ1) is 8.74. The lowest BCUT2D eigenvalue weighted by atomic mass is 9.66. The summed E-state index contributed by atoms with van der Waals surface area (Å²) in [4.78, 5) is 12.0. The Hall–Kier alpha value is 0.150. The fourth-order valence-electron chi connectivity index (χ4n) is 2.83. The number of rotatable bonds is 0. The van der Waals surface area contributed by atoms with Gasteiger partial charge in [0.15, 0.2) is 5.78 Å². The van der Waals surface area contributed by atoms with Gasteiger partial charge in [0, 0.05) is 5.41 Å². The van der Waals surface area contributed by atoms with E-state index in [-0.39, 0.29) is 15.2 Å². The van der Waals surface area contributed by atoms with Gasteiger partial charge in [-0.3, -0.25) is 4.79 Å². The fraction of sp³-hybridized carbons (Fsp3) is 0.900. The third kappa shape index (κ3) is 0.729. The lowest BCUT2D eigenvalue weighted by molar-refractivity contribution is -0.131. The topological polar surface area (TPSA) is 17.1 Å². The van der Waals surface area contributed by atoms with E-state index in [4.69, 9.17) is 0 Å².